The molecular weight excluding hydrogens is 326 g/mol. The summed E-state index contributed by atoms with van der Waals surface area (Å²) < 4.78 is 0. The predicted molar refractivity (Wildman–Crippen MR) is 102 cm³/mol. The summed E-state index contributed by atoms with van der Waals surface area (Å²) in [6, 6.07) is 10.3. The van der Waals surface area contributed by atoms with Gasteiger partial charge in [-0.3, -0.25) is 9.80 Å². The highest BCUT2D eigenvalue weighted by atomic mass is 16.1. The standard InChI is InChI=1S/C20H25N5O/c1-23(2)14-10-8-13(9-11-14)18-15(12-21)20(22)25(24(3)4)16-6-5-7-17(26)19(16)18/h8-11,18H,5-7,22H2,1-4H3/t18-/m0/s1. The summed E-state index contributed by atoms with van der Waals surface area (Å²) in [6.07, 6.45) is 2.11. The molecule has 0 bridgehead atoms. The number of carbonyl (C=O) groups is 1. The fraction of sp³-hybridized carbons (Fsp3) is 0.400. The smallest absolute Gasteiger partial charge is 0.161 e. The number of carbonyl (C=O) groups excluding carboxylic acids is 1. The van der Waals surface area contributed by atoms with E-state index in [2.05, 4.69) is 6.07 Å². The Hall–Kier alpha value is -2.78. The molecule has 1 aromatic rings. The minimum Gasteiger partial charge on any atom is -0.383 e. The van der Waals surface area contributed by atoms with Crippen LogP contribution in [0.25, 0.3) is 0 Å². The molecule has 6 nitrogen and oxygen atoms in total. The monoisotopic (exact) mass is 351 g/mol. The van der Waals surface area contributed by atoms with E-state index in [1.165, 1.54) is 0 Å². The minimum absolute atomic E-state index is 0.111. The molecule has 0 aromatic heterocycles. The van der Waals surface area contributed by atoms with Crippen LogP contribution in [0.15, 0.2) is 46.9 Å². The molecule has 0 saturated carbocycles. The quantitative estimate of drug-likeness (QED) is 0.901. The Morgan fingerprint density at radius 1 is 1.15 bits per heavy atom. The summed E-state index contributed by atoms with van der Waals surface area (Å²) in [7, 11) is 7.71. The summed E-state index contributed by atoms with van der Waals surface area (Å²) in [4.78, 5) is 14.9. The summed E-state index contributed by atoms with van der Waals surface area (Å²) in [5.74, 6) is 0.128. The van der Waals surface area contributed by atoms with Crippen LogP contribution >= 0.6 is 0 Å². The van der Waals surface area contributed by atoms with Gasteiger partial charge < -0.3 is 10.6 Å². The van der Waals surface area contributed by atoms with Gasteiger partial charge >= 0.3 is 0 Å². The van der Waals surface area contributed by atoms with Crippen molar-refractivity contribution in [2.24, 2.45) is 5.73 Å². The van der Waals surface area contributed by atoms with Crippen molar-refractivity contribution in [1.29, 1.82) is 5.26 Å². The molecule has 0 radical (unpaired) electrons. The van der Waals surface area contributed by atoms with E-state index in [4.69, 9.17) is 5.73 Å². The summed E-state index contributed by atoms with van der Waals surface area (Å²) >= 11 is 0. The van der Waals surface area contributed by atoms with Crippen LogP contribution < -0.4 is 10.6 Å². The van der Waals surface area contributed by atoms with Gasteiger partial charge in [-0.1, -0.05) is 12.1 Å². The van der Waals surface area contributed by atoms with Gasteiger partial charge in [-0.2, -0.15) is 5.26 Å². The number of benzene rings is 1. The summed E-state index contributed by atoms with van der Waals surface area (Å²) in [6.45, 7) is 0. The molecule has 1 aliphatic carbocycles. The SMILES string of the molecule is CN(C)c1ccc([C@H]2C(C#N)=C(N)N(N(C)C)C3=C2C(=O)CCC3)cc1. The van der Waals surface area contributed by atoms with Gasteiger partial charge in [0.15, 0.2) is 5.78 Å². The van der Waals surface area contributed by atoms with Crippen LogP contribution in [0.5, 0.6) is 0 Å². The van der Waals surface area contributed by atoms with Gasteiger partial charge in [0, 0.05) is 51.6 Å². The molecule has 136 valence electrons. The number of nitriles is 1. The molecule has 1 aliphatic heterocycles. The van der Waals surface area contributed by atoms with Crippen molar-refractivity contribution in [3.8, 4) is 6.07 Å². The van der Waals surface area contributed by atoms with Crippen molar-refractivity contribution in [1.82, 2.24) is 10.0 Å². The Morgan fingerprint density at radius 3 is 2.35 bits per heavy atom. The molecule has 0 unspecified atom stereocenters. The van der Waals surface area contributed by atoms with Gasteiger partial charge in [0.25, 0.3) is 0 Å². The fourth-order valence-corrected chi connectivity index (χ4v) is 3.82. The lowest BCUT2D eigenvalue weighted by Crippen LogP contribution is -2.45. The first-order valence-corrected chi connectivity index (χ1v) is 8.77. The molecule has 2 aliphatic rings. The number of Topliss-reactive ketones (excluding diaryl/α,β-unsaturated/α-hetero) is 1. The van der Waals surface area contributed by atoms with Crippen molar-refractivity contribution < 1.29 is 4.79 Å². The first kappa shape index (κ1) is 18.0. The van der Waals surface area contributed by atoms with Gasteiger partial charge in [-0.05, 0) is 30.5 Å². The van der Waals surface area contributed by atoms with E-state index in [0.717, 1.165) is 29.8 Å². The van der Waals surface area contributed by atoms with E-state index in [1.54, 1.807) is 0 Å². The Kier molecular flexibility index (Phi) is 4.75. The highest BCUT2D eigenvalue weighted by Gasteiger charge is 2.40. The van der Waals surface area contributed by atoms with Crippen LogP contribution in [-0.4, -0.2) is 44.0 Å². The van der Waals surface area contributed by atoms with E-state index in [0.29, 0.717) is 23.4 Å². The van der Waals surface area contributed by atoms with Crippen molar-refractivity contribution >= 4 is 11.5 Å². The number of nitrogens with zero attached hydrogens (tertiary/aromatic N) is 4. The van der Waals surface area contributed by atoms with Crippen LogP contribution in [0.3, 0.4) is 0 Å². The number of ketones is 1. The van der Waals surface area contributed by atoms with Crippen LogP contribution in [0.4, 0.5) is 5.69 Å². The zero-order valence-corrected chi connectivity index (χ0v) is 15.8. The second-order valence-corrected chi connectivity index (χ2v) is 7.13. The normalized spacial score (nSPS) is 20.4. The third-order valence-electron chi connectivity index (χ3n) is 5.03. The lowest BCUT2D eigenvalue weighted by molar-refractivity contribution is -0.116. The molecule has 1 aromatic carbocycles. The van der Waals surface area contributed by atoms with Crippen LogP contribution in [0, 0.1) is 11.3 Å². The topological polar surface area (TPSA) is 76.6 Å². The number of nitrogens with two attached hydrogens (primary N) is 1. The molecule has 1 heterocycles. The predicted octanol–water partition coefficient (Wildman–Crippen LogP) is 2.33. The minimum atomic E-state index is -0.393. The van der Waals surface area contributed by atoms with Gasteiger partial charge in [0.1, 0.15) is 5.82 Å². The van der Waals surface area contributed by atoms with E-state index in [1.807, 2.05) is 67.4 Å². The maximum absolute atomic E-state index is 12.8. The van der Waals surface area contributed by atoms with E-state index < -0.39 is 5.92 Å². The second kappa shape index (κ2) is 6.85. The van der Waals surface area contributed by atoms with E-state index in [-0.39, 0.29) is 5.78 Å². The number of hydrazine groups is 1. The third-order valence-corrected chi connectivity index (χ3v) is 5.03. The van der Waals surface area contributed by atoms with Gasteiger partial charge in [0.2, 0.25) is 0 Å². The van der Waals surface area contributed by atoms with E-state index >= 15 is 0 Å². The van der Waals surface area contributed by atoms with Crippen molar-refractivity contribution in [3.63, 3.8) is 0 Å². The molecule has 6 heteroatoms. The fourth-order valence-electron chi connectivity index (χ4n) is 3.82. The van der Waals surface area contributed by atoms with Crippen LogP contribution in [-0.2, 0) is 4.79 Å². The maximum Gasteiger partial charge on any atom is 0.161 e. The van der Waals surface area contributed by atoms with Crippen LogP contribution in [0.1, 0.15) is 30.7 Å². The molecule has 0 fully saturated rings. The molecule has 1 atom stereocenters. The average molecular weight is 351 g/mol. The van der Waals surface area contributed by atoms with Crippen molar-refractivity contribution in [2.45, 2.75) is 25.2 Å². The number of hydrogen-bond donors (Lipinski definition) is 1. The number of hydrogen-bond acceptors (Lipinski definition) is 6. The molecule has 0 amide bonds. The first-order valence-electron chi connectivity index (χ1n) is 8.77. The van der Waals surface area contributed by atoms with E-state index in [9.17, 15) is 10.1 Å². The summed E-state index contributed by atoms with van der Waals surface area (Å²) in [5.41, 5.74) is 10.4. The highest BCUT2D eigenvalue weighted by Crippen LogP contribution is 2.44. The second-order valence-electron chi connectivity index (χ2n) is 7.13. The Bertz CT molecular complexity index is 827. The molecule has 26 heavy (non-hydrogen) atoms. The lowest BCUT2D eigenvalue weighted by Gasteiger charge is -2.42. The highest BCUT2D eigenvalue weighted by molar-refractivity contribution is 5.99. The number of anilines is 1. The van der Waals surface area contributed by atoms with Crippen molar-refractivity contribution in [3.05, 3.63) is 52.5 Å². The Morgan fingerprint density at radius 2 is 1.81 bits per heavy atom. The number of allylic oxidation sites excluding steroid dienone is 3. The van der Waals surface area contributed by atoms with Gasteiger partial charge in [-0.25, -0.2) is 5.01 Å². The zero-order valence-electron chi connectivity index (χ0n) is 15.8. The average Bonchev–Trinajstić information content (AvgIpc) is 2.60. The molecule has 0 saturated heterocycles. The molecular formula is C20H25N5O. The zero-order chi connectivity index (χ0) is 19.0. The maximum atomic E-state index is 12.8. The first-order chi connectivity index (χ1) is 12.4. The number of rotatable bonds is 3. The van der Waals surface area contributed by atoms with Crippen molar-refractivity contribution in [2.75, 3.05) is 33.1 Å². The summed E-state index contributed by atoms with van der Waals surface area (Å²) in [5, 5.41) is 13.5. The largest absolute Gasteiger partial charge is 0.383 e. The molecule has 2 N–H and O–H groups in total. The molecule has 3 rings (SSSR count). The third kappa shape index (κ3) is 2.85. The Labute approximate surface area is 154 Å². The Balaban J connectivity index is 2.19. The lowest BCUT2D eigenvalue weighted by atomic mass is 9.76. The van der Waals surface area contributed by atoms with Gasteiger partial charge in [0.05, 0.1) is 17.6 Å². The van der Waals surface area contributed by atoms with Gasteiger partial charge in [-0.15, -0.1) is 0 Å². The molecule has 0 spiro atoms. The van der Waals surface area contributed by atoms with Crippen LogP contribution in [0.2, 0.25) is 0 Å².